The highest BCUT2D eigenvalue weighted by Gasteiger charge is 2.20. The molecule has 5 rings (SSSR count). The van der Waals surface area contributed by atoms with Gasteiger partial charge in [-0.2, -0.15) is 0 Å². The average Bonchev–Trinajstić information content (AvgIpc) is 2.80. The van der Waals surface area contributed by atoms with Gasteiger partial charge in [0.15, 0.2) is 0 Å². The second kappa shape index (κ2) is 8.39. The van der Waals surface area contributed by atoms with E-state index in [0.29, 0.717) is 34.2 Å². The predicted octanol–water partition coefficient (Wildman–Crippen LogP) is 2.82. The van der Waals surface area contributed by atoms with E-state index in [1.165, 1.54) is 6.21 Å². The number of likely N-dealkylation sites (tertiary alicyclic amines) is 1. The number of fused-ring (bicyclic) bond motifs is 2. The Morgan fingerprint density at radius 2 is 1.81 bits per heavy atom. The number of aromatic hydroxyl groups is 1. The van der Waals surface area contributed by atoms with Crippen molar-refractivity contribution >= 4 is 28.1 Å². The first kappa shape index (κ1) is 20.1. The third kappa shape index (κ3) is 3.92. The van der Waals surface area contributed by atoms with Gasteiger partial charge in [0, 0.05) is 19.3 Å². The summed E-state index contributed by atoms with van der Waals surface area (Å²) in [5.74, 6) is 0.540. The van der Waals surface area contributed by atoms with Crippen LogP contribution >= 0.6 is 0 Å². The van der Waals surface area contributed by atoms with Gasteiger partial charge in [-0.05, 0) is 37.1 Å². The highest BCUT2D eigenvalue weighted by molar-refractivity contribution is 5.93. The van der Waals surface area contributed by atoms with E-state index in [4.69, 9.17) is 4.42 Å². The van der Waals surface area contributed by atoms with Gasteiger partial charge in [0.1, 0.15) is 22.7 Å². The van der Waals surface area contributed by atoms with Gasteiger partial charge in [-0.25, -0.2) is 9.78 Å². The van der Waals surface area contributed by atoms with Crippen LogP contribution in [0.5, 0.6) is 5.75 Å². The largest absolute Gasteiger partial charge is 0.506 e. The van der Waals surface area contributed by atoms with Gasteiger partial charge in [-0.3, -0.25) is 14.7 Å². The molecule has 1 saturated heterocycles. The van der Waals surface area contributed by atoms with E-state index in [0.717, 1.165) is 25.9 Å². The molecule has 0 unspecified atom stereocenters. The summed E-state index contributed by atoms with van der Waals surface area (Å²) in [5, 5.41) is 11.5. The molecule has 162 valence electrons. The molecule has 0 amide bonds. The van der Waals surface area contributed by atoms with Crippen LogP contribution < -0.4 is 11.2 Å². The summed E-state index contributed by atoms with van der Waals surface area (Å²) >= 11 is 0. The van der Waals surface area contributed by atoms with Gasteiger partial charge in [0.2, 0.25) is 0 Å². The molecule has 0 aliphatic carbocycles. The summed E-state index contributed by atoms with van der Waals surface area (Å²) in [7, 11) is 0. The zero-order valence-corrected chi connectivity index (χ0v) is 17.3. The van der Waals surface area contributed by atoms with Gasteiger partial charge >= 0.3 is 5.63 Å². The van der Waals surface area contributed by atoms with Crippen molar-refractivity contribution in [3.8, 4) is 5.75 Å². The molecule has 0 spiro atoms. The molecule has 4 aromatic rings. The summed E-state index contributed by atoms with van der Waals surface area (Å²) in [5.41, 5.74) is 0.387. The zero-order chi connectivity index (χ0) is 22.1. The van der Waals surface area contributed by atoms with Crippen LogP contribution in [0.2, 0.25) is 0 Å². The fourth-order valence-electron chi connectivity index (χ4n) is 4.09. The number of aromatic nitrogens is 2. The third-order valence-corrected chi connectivity index (χ3v) is 5.83. The monoisotopic (exact) mass is 430 g/mol. The SMILES string of the molecule is O=c1oc2ccccc2c(O)c1C=NC1CCN(Cc2nc3ccccc3c(=O)[nH]2)CC1. The second-order valence-corrected chi connectivity index (χ2v) is 7.96. The number of H-pyrrole nitrogens is 1. The quantitative estimate of drug-likeness (QED) is 0.380. The lowest BCUT2D eigenvalue weighted by Gasteiger charge is -2.29. The molecule has 1 aliphatic rings. The predicted molar refractivity (Wildman–Crippen MR) is 122 cm³/mol. The minimum Gasteiger partial charge on any atom is -0.506 e. The van der Waals surface area contributed by atoms with Crippen LogP contribution in [0.25, 0.3) is 21.9 Å². The molecule has 0 saturated carbocycles. The van der Waals surface area contributed by atoms with Gasteiger partial charge < -0.3 is 14.5 Å². The Morgan fingerprint density at radius 3 is 2.62 bits per heavy atom. The van der Waals surface area contributed by atoms with E-state index >= 15 is 0 Å². The molecule has 3 heterocycles. The molecule has 0 radical (unpaired) electrons. The first-order chi connectivity index (χ1) is 15.6. The number of rotatable bonds is 4. The van der Waals surface area contributed by atoms with Crippen LogP contribution in [0, 0.1) is 0 Å². The molecule has 0 atom stereocenters. The fourth-order valence-corrected chi connectivity index (χ4v) is 4.09. The van der Waals surface area contributed by atoms with Crippen molar-refractivity contribution in [3.63, 3.8) is 0 Å². The van der Waals surface area contributed by atoms with Crippen LogP contribution in [-0.2, 0) is 6.54 Å². The van der Waals surface area contributed by atoms with Crippen molar-refractivity contribution in [2.45, 2.75) is 25.4 Å². The molecular formula is C24H22N4O4. The Morgan fingerprint density at radius 1 is 1.09 bits per heavy atom. The molecule has 1 fully saturated rings. The number of benzene rings is 2. The lowest BCUT2D eigenvalue weighted by molar-refractivity contribution is 0.202. The molecule has 2 N–H and O–H groups in total. The molecule has 1 aliphatic heterocycles. The van der Waals surface area contributed by atoms with Crippen molar-refractivity contribution in [2.24, 2.45) is 4.99 Å². The topological polar surface area (TPSA) is 112 Å². The van der Waals surface area contributed by atoms with E-state index in [2.05, 4.69) is 19.9 Å². The smallest absolute Gasteiger partial charge is 0.348 e. The number of nitrogens with one attached hydrogen (secondary N) is 1. The first-order valence-electron chi connectivity index (χ1n) is 10.6. The van der Waals surface area contributed by atoms with Crippen LogP contribution in [-0.4, -0.2) is 45.3 Å². The van der Waals surface area contributed by atoms with Gasteiger partial charge in [-0.1, -0.05) is 24.3 Å². The molecular weight excluding hydrogens is 408 g/mol. The first-order valence-corrected chi connectivity index (χ1v) is 10.6. The summed E-state index contributed by atoms with van der Waals surface area (Å²) in [4.78, 5) is 38.7. The van der Waals surface area contributed by atoms with Crippen molar-refractivity contribution in [3.05, 3.63) is 80.7 Å². The van der Waals surface area contributed by atoms with Crippen molar-refractivity contribution < 1.29 is 9.52 Å². The number of hydrogen-bond donors (Lipinski definition) is 2. The molecule has 8 nitrogen and oxygen atoms in total. The van der Waals surface area contributed by atoms with Crippen molar-refractivity contribution in [1.29, 1.82) is 0 Å². The van der Waals surface area contributed by atoms with Gasteiger partial charge in [-0.15, -0.1) is 0 Å². The zero-order valence-electron chi connectivity index (χ0n) is 17.3. The Labute approximate surface area is 182 Å². The molecule has 0 bridgehead atoms. The maximum Gasteiger partial charge on any atom is 0.348 e. The number of aliphatic imine (C=N–C) groups is 1. The summed E-state index contributed by atoms with van der Waals surface area (Å²) in [6.45, 7) is 2.14. The lowest BCUT2D eigenvalue weighted by atomic mass is 10.1. The number of para-hydroxylation sites is 2. The van der Waals surface area contributed by atoms with Gasteiger partial charge in [0.05, 0.1) is 28.9 Å². The summed E-state index contributed by atoms with van der Waals surface area (Å²) < 4.78 is 5.29. The maximum atomic E-state index is 12.3. The Kier molecular flexibility index (Phi) is 5.28. The molecule has 8 heteroatoms. The standard InChI is InChI=1S/C24H22N4O4/c29-22-17-6-2-4-8-20(17)32-24(31)18(22)13-25-15-9-11-28(12-10-15)14-21-26-19-7-3-1-5-16(19)23(30)27-21/h1-8,13,15,29H,9-12,14H2,(H,26,27,30). The summed E-state index contributed by atoms with van der Waals surface area (Å²) in [6, 6.07) is 14.2. The molecule has 2 aromatic carbocycles. The van der Waals surface area contributed by atoms with E-state index in [1.807, 2.05) is 18.2 Å². The molecule has 2 aromatic heterocycles. The van der Waals surface area contributed by atoms with Crippen LogP contribution in [0.4, 0.5) is 0 Å². The number of hydrogen-bond acceptors (Lipinski definition) is 7. The van der Waals surface area contributed by atoms with Crippen LogP contribution in [0.15, 0.2) is 67.5 Å². The van der Waals surface area contributed by atoms with Crippen molar-refractivity contribution in [1.82, 2.24) is 14.9 Å². The minimum atomic E-state index is -0.603. The Balaban J connectivity index is 1.26. The number of nitrogens with zero attached hydrogens (tertiary/aromatic N) is 3. The Hall–Kier alpha value is -3.78. The van der Waals surface area contributed by atoms with E-state index in [-0.39, 0.29) is 22.9 Å². The fraction of sp³-hybridized carbons (Fsp3) is 0.250. The van der Waals surface area contributed by atoms with Crippen LogP contribution in [0.1, 0.15) is 24.2 Å². The van der Waals surface area contributed by atoms with E-state index in [9.17, 15) is 14.7 Å². The van der Waals surface area contributed by atoms with Crippen molar-refractivity contribution in [2.75, 3.05) is 13.1 Å². The van der Waals surface area contributed by atoms with Gasteiger partial charge in [0.25, 0.3) is 5.56 Å². The summed E-state index contributed by atoms with van der Waals surface area (Å²) in [6.07, 6.45) is 3.03. The normalized spacial score (nSPS) is 15.8. The average molecular weight is 430 g/mol. The highest BCUT2D eigenvalue weighted by atomic mass is 16.4. The maximum absolute atomic E-state index is 12.3. The second-order valence-electron chi connectivity index (χ2n) is 7.96. The highest BCUT2D eigenvalue weighted by Crippen LogP contribution is 2.25. The van der Waals surface area contributed by atoms with E-state index in [1.54, 1.807) is 30.3 Å². The number of aromatic amines is 1. The Bertz CT molecular complexity index is 1430. The third-order valence-electron chi connectivity index (χ3n) is 5.83. The van der Waals surface area contributed by atoms with Crippen LogP contribution in [0.3, 0.4) is 0 Å². The van der Waals surface area contributed by atoms with E-state index < -0.39 is 5.63 Å². The molecule has 32 heavy (non-hydrogen) atoms. The number of piperidine rings is 1. The minimum absolute atomic E-state index is 0.0418. The lowest BCUT2D eigenvalue weighted by Crippen LogP contribution is -2.35.